The van der Waals surface area contributed by atoms with Gasteiger partial charge in [-0.15, -0.1) is 0 Å². The normalized spacial score (nSPS) is 12.2. The van der Waals surface area contributed by atoms with Crippen molar-refractivity contribution in [2.24, 2.45) is 18.0 Å². The van der Waals surface area contributed by atoms with Gasteiger partial charge in [0.15, 0.2) is 16.3 Å². The van der Waals surface area contributed by atoms with Crippen LogP contribution in [0.15, 0.2) is 17.1 Å². The van der Waals surface area contributed by atoms with Crippen LogP contribution < -0.4 is 14.3 Å². The van der Waals surface area contributed by atoms with E-state index in [0.29, 0.717) is 16.3 Å². The number of hydrogen-bond donors (Lipinski definition) is 0. The molecule has 2 aromatic rings. The minimum absolute atomic E-state index is 0.107. The average Bonchev–Trinajstić information content (AvgIpc) is 2.73. The van der Waals surface area contributed by atoms with Crippen molar-refractivity contribution in [1.82, 2.24) is 4.57 Å². The molecule has 1 amide bonds. The molecule has 0 aliphatic heterocycles. The molecule has 0 atom stereocenters. The van der Waals surface area contributed by atoms with Gasteiger partial charge in [0.25, 0.3) is 5.91 Å². The Bertz CT molecular complexity index is 713. The summed E-state index contributed by atoms with van der Waals surface area (Å²) < 4.78 is 13.5. The first kappa shape index (κ1) is 14.6. The lowest BCUT2D eigenvalue weighted by Crippen LogP contribution is -2.15. The number of thiazole rings is 1. The highest BCUT2D eigenvalue weighted by Crippen LogP contribution is 2.32. The fourth-order valence-electron chi connectivity index (χ4n) is 1.78. The molecule has 0 aliphatic rings. The Morgan fingerprint density at radius 1 is 1.25 bits per heavy atom. The predicted octanol–water partition coefficient (Wildman–Crippen LogP) is 2.34. The van der Waals surface area contributed by atoms with Crippen LogP contribution in [0.25, 0.3) is 10.2 Å². The van der Waals surface area contributed by atoms with E-state index in [9.17, 15) is 4.79 Å². The molecule has 108 valence electrons. The molecule has 20 heavy (non-hydrogen) atoms. The van der Waals surface area contributed by atoms with Crippen molar-refractivity contribution in [1.29, 1.82) is 0 Å². The zero-order valence-electron chi connectivity index (χ0n) is 12.3. The van der Waals surface area contributed by atoms with Crippen molar-refractivity contribution in [3.05, 3.63) is 16.9 Å². The second-order valence-electron chi connectivity index (χ2n) is 4.72. The number of ether oxygens (including phenoxy) is 2. The summed E-state index contributed by atoms with van der Waals surface area (Å²) in [6, 6.07) is 3.79. The monoisotopic (exact) mass is 294 g/mol. The fraction of sp³-hybridized carbons (Fsp3) is 0.429. The quantitative estimate of drug-likeness (QED) is 0.873. The molecule has 1 aromatic carbocycles. The molecular weight excluding hydrogens is 276 g/mol. The molecule has 0 bridgehead atoms. The van der Waals surface area contributed by atoms with E-state index < -0.39 is 0 Å². The van der Waals surface area contributed by atoms with E-state index in [4.69, 9.17) is 9.47 Å². The number of methoxy groups -OCH3 is 2. The van der Waals surface area contributed by atoms with Crippen molar-refractivity contribution in [3.8, 4) is 11.5 Å². The molecule has 5 nitrogen and oxygen atoms in total. The van der Waals surface area contributed by atoms with Crippen LogP contribution in [0, 0.1) is 5.92 Å². The van der Waals surface area contributed by atoms with Crippen LogP contribution in [0.5, 0.6) is 11.5 Å². The number of benzene rings is 1. The number of hydrogen-bond acceptors (Lipinski definition) is 4. The lowest BCUT2D eigenvalue weighted by atomic mass is 10.2. The van der Waals surface area contributed by atoms with Gasteiger partial charge in [-0.25, -0.2) is 0 Å². The van der Waals surface area contributed by atoms with Gasteiger partial charge in [0, 0.05) is 25.1 Å². The number of carbonyl (C=O) groups is 1. The number of aryl methyl sites for hydroxylation is 1. The Balaban J connectivity index is 2.67. The molecule has 0 fully saturated rings. The van der Waals surface area contributed by atoms with Crippen LogP contribution in [0.2, 0.25) is 0 Å². The molecule has 1 heterocycles. The number of fused-ring (bicyclic) bond motifs is 1. The summed E-state index contributed by atoms with van der Waals surface area (Å²) in [5.74, 6) is 1.11. The number of carbonyl (C=O) groups excluding carboxylic acids is 1. The maximum atomic E-state index is 11.8. The summed E-state index contributed by atoms with van der Waals surface area (Å²) in [6.07, 6.45) is 0. The van der Waals surface area contributed by atoms with E-state index in [1.165, 1.54) is 11.3 Å². The highest BCUT2D eigenvalue weighted by atomic mass is 32.1. The molecule has 0 saturated carbocycles. The predicted molar refractivity (Wildman–Crippen MR) is 79.3 cm³/mol. The molecule has 0 N–H and O–H groups in total. The van der Waals surface area contributed by atoms with Crippen LogP contribution >= 0.6 is 11.3 Å². The summed E-state index contributed by atoms with van der Waals surface area (Å²) in [4.78, 5) is 16.6. The molecule has 0 saturated heterocycles. The Hall–Kier alpha value is -1.82. The van der Waals surface area contributed by atoms with E-state index >= 15 is 0 Å². The van der Waals surface area contributed by atoms with Crippen LogP contribution in [-0.2, 0) is 11.8 Å². The van der Waals surface area contributed by atoms with E-state index in [-0.39, 0.29) is 11.8 Å². The molecule has 2 rings (SSSR count). The zero-order chi connectivity index (χ0) is 14.9. The molecular formula is C14H18N2O3S. The first-order chi connectivity index (χ1) is 9.47. The number of aromatic nitrogens is 1. The molecule has 1 aromatic heterocycles. The highest BCUT2D eigenvalue weighted by Gasteiger charge is 2.12. The summed E-state index contributed by atoms with van der Waals surface area (Å²) in [7, 11) is 5.09. The molecule has 0 spiro atoms. The van der Waals surface area contributed by atoms with Crippen LogP contribution in [0.4, 0.5) is 0 Å². The Kier molecular flexibility index (Phi) is 4.13. The SMILES string of the molecule is COc1cc2sc(=NC(=O)C(C)C)n(C)c2cc1OC. The molecule has 6 heteroatoms. The van der Waals surface area contributed by atoms with E-state index in [0.717, 1.165) is 10.2 Å². The lowest BCUT2D eigenvalue weighted by molar-refractivity contribution is -0.120. The van der Waals surface area contributed by atoms with Gasteiger partial charge >= 0.3 is 0 Å². The lowest BCUT2D eigenvalue weighted by Gasteiger charge is -2.07. The average molecular weight is 294 g/mol. The maximum Gasteiger partial charge on any atom is 0.250 e. The molecule has 0 unspecified atom stereocenters. The molecule has 0 radical (unpaired) electrons. The number of rotatable bonds is 3. The van der Waals surface area contributed by atoms with E-state index in [1.807, 2.05) is 37.6 Å². The van der Waals surface area contributed by atoms with E-state index in [1.54, 1.807) is 14.2 Å². The summed E-state index contributed by atoms with van der Waals surface area (Å²) >= 11 is 1.46. The number of nitrogens with zero attached hydrogens (tertiary/aromatic N) is 2. The van der Waals surface area contributed by atoms with Gasteiger partial charge in [-0.3, -0.25) is 4.79 Å². The van der Waals surface area contributed by atoms with Crippen LogP contribution in [-0.4, -0.2) is 24.7 Å². The van der Waals surface area contributed by atoms with Crippen molar-refractivity contribution in [2.45, 2.75) is 13.8 Å². The maximum absolute atomic E-state index is 11.8. The van der Waals surface area contributed by atoms with Gasteiger partial charge in [-0.05, 0) is 0 Å². The van der Waals surface area contributed by atoms with Gasteiger partial charge in [0.2, 0.25) is 0 Å². The van der Waals surface area contributed by atoms with Crippen LogP contribution in [0.1, 0.15) is 13.8 Å². The third-order valence-electron chi connectivity index (χ3n) is 3.01. The minimum Gasteiger partial charge on any atom is -0.493 e. The van der Waals surface area contributed by atoms with Gasteiger partial charge < -0.3 is 14.0 Å². The Morgan fingerprint density at radius 3 is 2.40 bits per heavy atom. The third-order valence-corrected chi connectivity index (χ3v) is 4.11. The van der Waals surface area contributed by atoms with Crippen molar-refractivity contribution in [3.63, 3.8) is 0 Å². The second-order valence-corrected chi connectivity index (χ2v) is 5.73. The smallest absolute Gasteiger partial charge is 0.250 e. The standard InChI is InChI=1S/C14H18N2O3S/c1-8(2)13(17)15-14-16(3)9-6-10(18-4)11(19-5)7-12(9)20-14/h6-8H,1-5H3. The largest absolute Gasteiger partial charge is 0.493 e. The summed E-state index contributed by atoms with van der Waals surface area (Å²) in [5, 5.41) is 0. The first-order valence-electron chi connectivity index (χ1n) is 6.28. The summed E-state index contributed by atoms with van der Waals surface area (Å²) in [5.41, 5.74) is 0.961. The van der Waals surface area contributed by atoms with Crippen molar-refractivity contribution in [2.75, 3.05) is 14.2 Å². The second kappa shape index (κ2) is 5.66. The van der Waals surface area contributed by atoms with Gasteiger partial charge in [0.05, 0.1) is 24.4 Å². The number of amides is 1. The Morgan fingerprint density at radius 2 is 1.85 bits per heavy atom. The minimum atomic E-state index is -0.119. The summed E-state index contributed by atoms with van der Waals surface area (Å²) in [6.45, 7) is 3.68. The van der Waals surface area contributed by atoms with Crippen molar-refractivity contribution >= 4 is 27.5 Å². The molecule has 0 aliphatic carbocycles. The first-order valence-corrected chi connectivity index (χ1v) is 7.09. The topological polar surface area (TPSA) is 52.8 Å². The van der Waals surface area contributed by atoms with Gasteiger partial charge in [-0.1, -0.05) is 25.2 Å². The Labute approximate surface area is 121 Å². The van der Waals surface area contributed by atoms with Crippen molar-refractivity contribution < 1.29 is 14.3 Å². The highest BCUT2D eigenvalue weighted by molar-refractivity contribution is 7.16. The van der Waals surface area contributed by atoms with Crippen LogP contribution in [0.3, 0.4) is 0 Å². The van der Waals surface area contributed by atoms with E-state index in [2.05, 4.69) is 4.99 Å². The van der Waals surface area contributed by atoms with Gasteiger partial charge in [-0.2, -0.15) is 4.99 Å². The van der Waals surface area contributed by atoms with Gasteiger partial charge in [0.1, 0.15) is 0 Å². The zero-order valence-corrected chi connectivity index (χ0v) is 13.1. The third kappa shape index (κ3) is 2.56. The fourth-order valence-corrected chi connectivity index (χ4v) is 2.82.